The van der Waals surface area contributed by atoms with Crippen LogP contribution in [0.1, 0.15) is 47.1 Å². The fraction of sp³-hybridized carbons (Fsp3) is 0.389. The quantitative estimate of drug-likeness (QED) is 0.854. The Kier molecular flexibility index (Phi) is 4.24. The van der Waals surface area contributed by atoms with Crippen LogP contribution in [0.15, 0.2) is 30.3 Å². The van der Waals surface area contributed by atoms with Crippen molar-refractivity contribution < 1.29 is 14.7 Å². The summed E-state index contributed by atoms with van der Waals surface area (Å²) in [5.41, 5.74) is 4.86. The molecule has 1 saturated heterocycles. The summed E-state index contributed by atoms with van der Waals surface area (Å²) in [7, 11) is 0. The highest BCUT2D eigenvalue weighted by Gasteiger charge is 2.41. The van der Waals surface area contributed by atoms with E-state index in [1.165, 1.54) is 5.56 Å². The van der Waals surface area contributed by atoms with Gasteiger partial charge in [-0.25, -0.2) is 4.79 Å². The van der Waals surface area contributed by atoms with Crippen molar-refractivity contribution in [2.45, 2.75) is 39.3 Å². The van der Waals surface area contributed by atoms with Gasteiger partial charge in [-0.15, -0.1) is 0 Å². The third-order valence-corrected chi connectivity index (χ3v) is 4.63. The van der Waals surface area contributed by atoms with Gasteiger partial charge in [0.1, 0.15) is 6.61 Å². The highest BCUT2D eigenvalue weighted by Crippen LogP contribution is 2.36. The van der Waals surface area contributed by atoms with Crippen molar-refractivity contribution in [3.8, 4) is 0 Å². The molecule has 1 fully saturated rings. The number of aromatic amines is 1. The minimum absolute atomic E-state index is 0.148. The number of ether oxygens (including phenoxy) is 1. The molecule has 2 heterocycles. The summed E-state index contributed by atoms with van der Waals surface area (Å²) in [6, 6.07) is 8.40. The molecule has 0 amide bonds. The van der Waals surface area contributed by atoms with E-state index in [1.807, 2.05) is 44.2 Å². The number of hydroxylamine groups is 2. The average Bonchev–Trinajstić information content (AvgIpc) is 2.82. The molecule has 0 aliphatic carbocycles. The molecule has 1 aliphatic heterocycles. The van der Waals surface area contributed by atoms with Crippen LogP contribution in [0.5, 0.6) is 0 Å². The van der Waals surface area contributed by atoms with Gasteiger partial charge in [-0.2, -0.15) is 5.06 Å². The van der Waals surface area contributed by atoms with Crippen molar-refractivity contribution in [1.29, 1.82) is 0 Å². The molecule has 2 aromatic rings. The van der Waals surface area contributed by atoms with Gasteiger partial charge in [-0.3, -0.25) is 0 Å². The lowest BCUT2D eigenvalue weighted by atomic mass is 10.00. The molecule has 0 spiro atoms. The largest absolute Gasteiger partial charge is 0.462 e. The molecule has 0 bridgehead atoms. The van der Waals surface area contributed by atoms with E-state index in [4.69, 9.17) is 4.74 Å². The molecule has 5 heteroatoms. The minimum atomic E-state index is -0.826. The monoisotopic (exact) mass is 314 g/mol. The van der Waals surface area contributed by atoms with Gasteiger partial charge in [0.15, 0.2) is 6.04 Å². The average molecular weight is 314 g/mol. The molecule has 1 aliphatic rings. The van der Waals surface area contributed by atoms with E-state index in [1.54, 1.807) is 0 Å². The SMILES string of the molecule is CCc1c(C)[nH]c([C@H]2C(=O)OC[C@H](c3ccccc3)N2O)c1C. The number of hydrogen-bond donors (Lipinski definition) is 2. The van der Waals surface area contributed by atoms with Gasteiger partial charge in [-0.05, 0) is 37.0 Å². The molecule has 2 N–H and O–H groups in total. The number of cyclic esters (lactones) is 1. The number of morpholine rings is 1. The second-order valence-electron chi connectivity index (χ2n) is 5.96. The number of nitrogens with zero attached hydrogens (tertiary/aromatic N) is 1. The first kappa shape index (κ1) is 15.8. The van der Waals surface area contributed by atoms with Crippen LogP contribution in [0, 0.1) is 13.8 Å². The maximum Gasteiger partial charge on any atom is 0.332 e. The number of aromatic nitrogens is 1. The number of hydrogen-bond acceptors (Lipinski definition) is 4. The van der Waals surface area contributed by atoms with Gasteiger partial charge >= 0.3 is 5.97 Å². The van der Waals surface area contributed by atoms with Crippen LogP contribution >= 0.6 is 0 Å². The highest BCUT2D eigenvalue weighted by atomic mass is 16.6. The van der Waals surface area contributed by atoms with Crippen molar-refractivity contribution in [2.75, 3.05) is 6.61 Å². The van der Waals surface area contributed by atoms with Crippen LogP contribution < -0.4 is 0 Å². The lowest BCUT2D eigenvalue weighted by Gasteiger charge is -2.36. The molecule has 3 rings (SSSR count). The summed E-state index contributed by atoms with van der Waals surface area (Å²) in [6.45, 7) is 6.19. The fourth-order valence-corrected chi connectivity index (χ4v) is 3.40. The highest BCUT2D eigenvalue weighted by molar-refractivity contribution is 5.78. The van der Waals surface area contributed by atoms with Crippen LogP contribution in [-0.2, 0) is 16.0 Å². The first-order valence-electron chi connectivity index (χ1n) is 7.91. The van der Waals surface area contributed by atoms with Crippen LogP contribution in [0.2, 0.25) is 0 Å². The number of carbonyl (C=O) groups is 1. The topological polar surface area (TPSA) is 65.6 Å². The molecule has 1 aromatic heterocycles. The van der Waals surface area contributed by atoms with Gasteiger partial charge in [-0.1, -0.05) is 37.3 Å². The molecule has 0 saturated carbocycles. The smallest absolute Gasteiger partial charge is 0.332 e. The van der Waals surface area contributed by atoms with Crippen molar-refractivity contribution in [1.82, 2.24) is 10.0 Å². The zero-order chi connectivity index (χ0) is 16.6. The number of carbonyl (C=O) groups excluding carboxylic acids is 1. The molecule has 0 unspecified atom stereocenters. The Balaban J connectivity index is 1.99. The summed E-state index contributed by atoms with van der Waals surface area (Å²) in [5.74, 6) is -0.424. The third kappa shape index (κ3) is 2.66. The van der Waals surface area contributed by atoms with Gasteiger partial charge in [0, 0.05) is 11.4 Å². The lowest BCUT2D eigenvalue weighted by molar-refractivity contribution is -0.221. The Morgan fingerprint density at radius 2 is 2.00 bits per heavy atom. The molecule has 23 heavy (non-hydrogen) atoms. The van der Waals surface area contributed by atoms with E-state index in [9.17, 15) is 10.0 Å². The maximum atomic E-state index is 12.3. The molecule has 5 nitrogen and oxygen atoms in total. The molecule has 0 radical (unpaired) electrons. The number of nitrogens with one attached hydrogen (secondary N) is 1. The lowest BCUT2D eigenvalue weighted by Crippen LogP contribution is -2.43. The van der Waals surface area contributed by atoms with Crippen molar-refractivity contribution in [3.05, 3.63) is 58.4 Å². The minimum Gasteiger partial charge on any atom is -0.462 e. The van der Waals surface area contributed by atoms with Crippen LogP contribution in [-0.4, -0.2) is 27.8 Å². The van der Waals surface area contributed by atoms with E-state index in [0.29, 0.717) is 5.69 Å². The zero-order valence-electron chi connectivity index (χ0n) is 13.7. The summed E-state index contributed by atoms with van der Waals surface area (Å²) in [5, 5.41) is 11.8. The van der Waals surface area contributed by atoms with E-state index in [2.05, 4.69) is 11.9 Å². The molecule has 122 valence electrons. The number of rotatable bonds is 3. The first-order valence-corrected chi connectivity index (χ1v) is 7.91. The molecule has 2 atom stereocenters. The summed E-state index contributed by atoms with van der Waals surface area (Å²) < 4.78 is 5.36. The second-order valence-corrected chi connectivity index (χ2v) is 5.96. The predicted molar refractivity (Wildman–Crippen MR) is 86.2 cm³/mol. The number of aryl methyl sites for hydroxylation is 1. The molecular formula is C18H22N2O3. The summed E-state index contributed by atoms with van der Waals surface area (Å²) >= 11 is 0. The maximum absolute atomic E-state index is 12.3. The van der Waals surface area contributed by atoms with Crippen molar-refractivity contribution in [3.63, 3.8) is 0 Å². The Bertz CT molecular complexity index is 709. The predicted octanol–water partition coefficient (Wildman–Crippen LogP) is 3.22. The summed E-state index contributed by atoms with van der Waals surface area (Å²) in [6.07, 6.45) is 0.878. The third-order valence-electron chi connectivity index (χ3n) is 4.63. The number of esters is 1. The van der Waals surface area contributed by atoms with Crippen LogP contribution in [0.3, 0.4) is 0 Å². The molecular weight excluding hydrogens is 292 g/mol. The van der Waals surface area contributed by atoms with Gasteiger partial charge < -0.3 is 14.9 Å². The summed E-state index contributed by atoms with van der Waals surface area (Å²) in [4.78, 5) is 15.6. The van der Waals surface area contributed by atoms with E-state index in [0.717, 1.165) is 28.3 Å². The van der Waals surface area contributed by atoms with Crippen molar-refractivity contribution in [2.24, 2.45) is 0 Å². The van der Waals surface area contributed by atoms with Crippen LogP contribution in [0.25, 0.3) is 0 Å². The second kappa shape index (κ2) is 6.18. The molecule has 1 aromatic carbocycles. The fourth-order valence-electron chi connectivity index (χ4n) is 3.40. The van der Waals surface area contributed by atoms with Gasteiger partial charge in [0.2, 0.25) is 0 Å². The van der Waals surface area contributed by atoms with E-state index in [-0.39, 0.29) is 12.6 Å². The van der Waals surface area contributed by atoms with Gasteiger partial charge in [0.05, 0.1) is 6.04 Å². The first-order chi connectivity index (χ1) is 11.0. The Labute approximate surface area is 135 Å². The Morgan fingerprint density at radius 1 is 1.30 bits per heavy atom. The standard InChI is InChI=1S/C18H22N2O3/c1-4-14-11(2)16(19-12(14)3)17-18(21)23-10-15(20(17)22)13-8-6-5-7-9-13/h5-9,15,17,19,22H,4,10H2,1-3H3/t15-,17+/m1/s1. The number of H-pyrrole nitrogens is 1. The zero-order valence-corrected chi connectivity index (χ0v) is 13.7. The van der Waals surface area contributed by atoms with E-state index < -0.39 is 12.0 Å². The van der Waals surface area contributed by atoms with Gasteiger partial charge in [0.25, 0.3) is 0 Å². The van der Waals surface area contributed by atoms with Crippen molar-refractivity contribution >= 4 is 5.97 Å². The Hall–Kier alpha value is -2.11. The van der Waals surface area contributed by atoms with Crippen LogP contribution in [0.4, 0.5) is 0 Å². The number of benzene rings is 1. The van der Waals surface area contributed by atoms with E-state index >= 15 is 0 Å². The Morgan fingerprint density at radius 3 is 2.61 bits per heavy atom. The normalized spacial score (nSPS) is 22.2.